The number of hydrogen-bond donors (Lipinski definition) is 4. The van der Waals surface area contributed by atoms with E-state index in [4.69, 9.17) is 15.5 Å². The fraction of sp³-hybridized carbons (Fsp3) is 0.415. The first kappa shape index (κ1) is 62.0. The van der Waals surface area contributed by atoms with Crippen molar-refractivity contribution in [2.75, 3.05) is 41.5 Å². The number of ether oxygens (including phenoxy) is 3. The smallest absolute Gasteiger partial charge is 0.407 e. The van der Waals surface area contributed by atoms with Gasteiger partial charge in [0.05, 0.1) is 49.7 Å². The number of carbonyl (C=O) groups is 3. The molecule has 2 amide bonds. The number of nitrogens with one attached hydrogen (secondary N) is 3. The van der Waals surface area contributed by atoms with E-state index in [1.807, 2.05) is 18.0 Å². The molecule has 0 radical (unpaired) electrons. The molecule has 0 spiro atoms. The van der Waals surface area contributed by atoms with Gasteiger partial charge in [-0.2, -0.15) is 0 Å². The number of fused-ring (bicyclic) bond motifs is 6. The number of benzene rings is 3. The lowest BCUT2D eigenvalue weighted by atomic mass is 9.92. The molecule has 0 saturated heterocycles. The molecule has 2 aromatic heterocycles. The Labute approximate surface area is 400 Å². The van der Waals surface area contributed by atoms with E-state index in [1.165, 1.54) is 19.1 Å². The van der Waals surface area contributed by atoms with E-state index in [0.29, 0.717) is 31.6 Å². The summed E-state index contributed by atoms with van der Waals surface area (Å²) < 4.78 is 14.7. The van der Waals surface area contributed by atoms with E-state index in [9.17, 15) is 14.4 Å². The lowest BCUT2D eigenvalue weighted by Gasteiger charge is -2.27. The second kappa shape index (κ2) is 36.2. The van der Waals surface area contributed by atoms with Crippen molar-refractivity contribution in [3.8, 4) is 66.7 Å². The molecule has 14 nitrogen and oxygen atoms in total. The van der Waals surface area contributed by atoms with Crippen molar-refractivity contribution in [1.29, 1.82) is 0 Å². The summed E-state index contributed by atoms with van der Waals surface area (Å²) >= 11 is 0. The number of rotatable bonds is 13. The molecule has 3 heterocycles. The normalized spacial score (nSPS) is 10.4. The number of nitrogens with two attached hydrogens (primary N) is 1. The third-order valence-electron chi connectivity index (χ3n) is 9.10. The zero-order valence-corrected chi connectivity index (χ0v) is 41.8. The molecule has 0 unspecified atom stereocenters. The van der Waals surface area contributed by atoms with Gasteiger partial charge in [0.25, 0.3) is 0 Å². The highest BCUT2D eigenvalue weighted by Gasteiger charge is 2.22. The molecule has 0 fully saturated rings. The summed E-state index contributed by atoms with van der Waals surface area (Å²) in [6.07, 6.45) is 30.5. The first-order valence-corrected chi connectivity index (χ1v) is 22.1. The Balaban J connectivity index is 0. The average molecular weight is 921 g/mol. The Morgan fingerprint density at radius 3 is 2.12 bits per heavy atom. The van der Waals surface area contributed by atoms with Crippen molar-refractivity contribution < 1.29 is 28.6 Å². The molecule has 3 aromatic carbocycles. The van der Waals surface area contributed by atoms with Gasteiger partial charge in [-0.25, -0.2) is 14.8 Å². The predicted octanol–water partition coefficient (Wildman–Crippen LogP) is 9.88. The van der Waals surface area contributed by atoms with Crippen LogP contribution in [0.2, 0.25) is 0 Å². The molecule has 1 aliphatic rings. The van der Waals surface area contributed by atoms with Crippen LogP contribution in [-0.2, 0) is 38.8 Å². The van der Waals surface area contributed by atoms with Gasteiger partial charge in [-0.1, -0.05) is 65.8 Å². The number of hydrogen-bond acceptors (Lipinski definition) is 10. The molecule has 0 saturated carbocycles. The summed E-state index contributed by atoms with van der Waals surface area (Å²) in [4.78, 5) is 53.2. The molecule has 5 aromatic rings. The van der Waals surface area contributed by atoms with E-state index in [-0.39, 0.29) is 18.5 Å². The molecular formula is C53H76N8O6. The van der Waals surface area contributed by atoms with Gasteiger partial charge in [0, 0.05) is 37.6 Å². The standard InChI is InChI=1S/C35H42N6O2.C4H7NO3.C3H7N.C3H8.C2H6O.3C2H2/c1-6-9-34(42)41(22(4)8-3)20-32-36-18-30(38-32)24-10-12-26-25(15-24)21-43-31-17-27-23(16-28(26)31)11-13-29-35(27)39-33(37-29)19-40(5)14-7-2;1-8-4(7)5-2-3-6;1-3(2)4;2*1-3-2;3*1-2/h10-13,15-18,22H,6-9,14,19-21H2,1-5H3,(H,36,38)(H,37,39);3H,2H2,1H3,(H,5,7);1,4H2,2H3;3H2,1-2H3;1-2H3;3*1-2H/t22-;;;;;;;/m0......./s1. The number of methoxy groups -OCH3 is 2. The highest BCUT2D eigenvalue weighted by Crippen LogP contribution is 2.42. The van der Waals surface area contributed by atoms with Crippen molar-refractivity contribution in [1.82, 2.24) is 35.1 Å². The van der Waals surface area contributed by atoms with Crippen LogP contribution in [0.4, 0.5) is 4.79 Å². The summed E-state index contributed by atoms with van der Waals surface area (Å²) in [7, 11) is 6.62. The number of aldehydes is 1. The number of nitrogens with zero attached hydrogens (tertiary/aromatic N) is 4. The Bertz CT molecular complexity index is 2250. The van der Waals surface area contributed by atoms with Gasteiger partial charge >= 0.3 is 6.09 Å². The third kappa shape index (κ3) is 21.2. The van der Waals surface area contributed by atoms with E-state index < -0.39 is 6.09 Å². The Morgan fingerprint density at radius 1 is 0.940 bits per heavy atom. The van der Waals surface area contributed by atoms with Crippen LogP contribution in [0.1, 0.15) is 97.8 Å². The highest BCUT2D eigenvalue weighted by molar-refractivity contribution is 6.07. The van der Waals surface area contributed by atoms with Gasteiger partial charge in [-0.3, -0.25) is 9.69 Å². The van der Waals surface area contributed by atoms with Gasteiger partial charge in [-0.05, 0) is 98.7 Å². The molecule has 1 atom stereocenters. The zero-order valence-electron chi connectivity index (χ0n) is 41.8. The van der Waals surface area contributed by atoms with E-state index >= 15 is 0 Å². The average Bonchev–Trinajstić information content (AvgIpc) is 3.99. The minimum absolute atomic E-state index is 0.00662. The number of aromatic nitrogens is 4. The maximum absolute atomic E-state index is 12.8. The monoisotopic (exact) mass is 921 g/mol. The fourth-order valence-electron chi connectivity index (χ4n) is 6.31. The van der Waals surface area contributed by atoms with Crippen LogP contribution >= 0.6 is 0 Å². The molecule has 5 N–H and O–H groups in total. The minimum Gasteiger partial charge on any atom is -0.488 e. The van der Waals surface area contributed by atoms with Gasteiger partial charge in [-0.15, -0.1) is 38.5 Å². The maximum Gasteiger partial charge on any atom is 0.407 e. The quantitative estimate of drug-likeness (QED) is 0.0656. The van der Waals surface area contributed by atoms with Gasteiger partial charge in [0.2, 0.25) is 5.91 Å². The lowest BCUT2D eigenvalue weighted by Crippen LogP contribution is -2.37. The number of aromatic amines is 2. The topological polar surface area (TPSA) is 181 Å². The van der Waals surface area contributed by atoms with Gasteiger partial charge in [0.1, 0.15) is 30.3 Å². The largest absolute Gasteiger partial charge is 0.488 e. The summed E-state index contributed by atoms with van der Waals surface area (Å²) in [5.74, 6) is 2.85. The predicted molar refractivity (Wildman–Crippen MR) is 277 cm³/mol. The summed E-state index contributed by atoms with van der Waals surface area (Å²) in [5.41, 5.74) is 13.0. The first-order valence-electron chi connectivity index (χ1n) is 22.1. The van der Waals surface area contributed by atoms with Crippen LogP contribution in [-0.4, -0.2) is 95.5 Å². The second-order valence-electron chi connectivity index (χ2n) is 14.9. The van der Waals surface area contributed by atoms with Crippen molar-refractivity contribution >= 4 is 40.1 Å². The third-order valence-corrected chi connectivity index (χ3v) is 9.10. The molecule has 364 valence electrons. The molecular weight excluding hydrogens is 845 g/mol. The maximum atomic E-state index is 12.8. The summed E-state index contributed by atoms with van der Waals surface area (Å²) in [6.45, 7) is 20.6. The van der Waals surface area contributed by atoms with Gasteiger partial charge < -0.3 is 44.9 Å². The molecule has 1 aliphatic heterocycles. The number of carbonyl (C=O) groups excluding carboxylic acids is 3. The van der Waals surface area contributed by atoms with Crippen molar-refractivity contribution in [2.24, 2.45) is 5.73 Å². The van der Waals surface area contributed by atoms with Crippen molar-refractivity contribution in [3.05, 3.63) is 78.1 Å². The van der Waals surface area contributed by atoms with Crippen LogP contribution in [0, 0.1) is 38.5 Å². The Morgan fingerprint density at radius 2 is 1.57 bits per heavy atom. The number of allylic oxidation sites excluding steroid dienone is 1. The SMILES string of the molecule is C#C.C#C.C#C.C=C(C)N.CCC.CCCC(=O)N(Cc1ncc(-c2ccc3c(c2)COc2cc4c(ccc5[nH]c(CN(C)CCC)nc54)cc2-3)[nH]1)[C@@H](C)CC.COC.COC(=O)NCC=O. The summed E-state index contributed by atoms with van der Waals surface area (Å²) in [5, 5.41) is 4.40. The number of H-pyrrole nitrogens is 2. The van der Waals surface area contributed by atoms with E-state index in [0.717, 1.165) is 93.9 Å². The Hall–Kier alpha value is -7.05. The highest BCUT2D eigenvalue weighted by atomic mass is 16.5. The first-order chi connectivity index (χ1) is 32.2. The van der Waals surface area contributed by atoms with Crippen LogP contribution in [0.15, 0.2) is 60.9 Å². The number of amides is 2. The number of imidazole rings is 2. The van der Waals surface area contributed by atoms with Crippen LogP contribution in [0.3, 0.4) is 0 Å². The molecule has 0 aliphatic carbocycles. The van der Waals surface area contributed by atoms with Crippen LogP contribution in [0.5, 0.6) is 5.75 Å². The lowest BCUT2D eigenvalue weighted by molar-refractivity contribution is -0.134. The second-order valence-corrected chi connectivity index (χ2v) is 14.9. The Kier molecular flexibility index (Phi) is 33.5. The van der Waals surface area contributed by atoms with Crippen molar-refractivity contribution in [3.63, 3.8) is 0 Å². The summed E-state index contributed by atoms with van der Waals surface area (Å²) in [6, 6.07) is 15.3. The zero-order chi connectivity index (χ0) is 51.5. The van der Waals surface area contributed by atoms with Crippen molar-refractivity contribution in [2.45, 2.75) is 106 Å². The minimum atomic E-state index is -0.586. The number of alkyl carbamates (subject to hydrolysis) is 1. The molecule has 0 bridgehead atoms. The van der Waals surface area contributed by atoms with Gasteiger partial charge in [0.15, 0.2) is 0 Å². The van der Waals surface area contributed by atoms with E-state index in [2.05, 4.69) is 164 Å². The fourth-order valence-corrected chi connectivity index (χ4v) is 6.31. The van der Waals surface area contributed by atoms with Crippen LogP contribution < -0.4 is 15.8 Å². The number of terminal acetylenes is 3. The molecule has 14 heteroatoms. The molecule has 6 rings (SSSR count). The van der Waals surface area contributed by atoms with E-state index in [1.54, 1.807) is 21.1 Å². The van der Waals surface area contributed by atoms with Crippen LogP contribution in [0.25, 0.3) is 44.2 Å². The molecule has 67 heavy (non-hydrogen) atoms.